The van der Waals surface area contributed by atoms with E-state index in [-0.39, 0.29) is 24.6 Å². The van der Waals surface area contributed by atoms with Gasteiger partial charge in [0.1, 0.15) is 18.2 Å². The van der Waals surface area contributed by atoms with Crippen LogP contribution in [-0.2, 0) is 22.6 Å². The standard InChI is InChI=1S/C17H17FO3/c1-20-16-8-6-13(7-9-16)11-21-12-15(19)10-14-4-2-3-5-17(14)18/h2-9H,10-12H2,1H3. The van der Waals surface area contributed by atoms with Crippen LogP contribution in [0.3, 0.4) is 0 Å². The van der Waals surface area contributed by atoms with Crippen LogP contribution in [0.1, 0.15) is 11.1 Å². The minimum Gasteiger partial charge on any atom is -0.497 e. The number of carbonyl (C=O) groups excluding carboxylic acids is 1. The Hall–Kier alpha value is -2.20. The maximum Gasteiger partial charge on any atom is 0.162 e. The maximum atomic E-state index is 13.4. The van der Waals surface area contributed by atoms with Crippen molar-refractivity contribution in [2.75, 3.05) is 13.7 Å². The SMILES string of the molecule is COc1ccc(COCC(=O)Cc2ccccc2F)cc1. The summed E-state index contributed by atoms with van der Waals surface area (Å²) < 4.78 is 23.8. The first kappa shape index (κ1) is 15.2. The Bertz CT molecular complexity index is 593. The largest absolute Gasteiger partial charge is 0.497 e. The van der Waals surface area contributed by atoms with E-state index in [1.165, 1.54) is 6.07 Å². The highest BCUT2D eigenvalue weighted by molar-refractivity contribution is 5.82. The molecule has 0 radical (unpaired) electrons. The monoisotopic (exact) mass is 288 g/mol. The molecule has 0 aliphatic rings. The molecule has 2 aromatic carbocycles. The topological polar surface area (TPSA) is 35.5 Å². The second-order valence-electron chi connectivity index (χ2n) is 4.65. The molecule has 0 saturated heterocycles. The maximum absolute atomic E-state index is 13.4. The minimum absolute atomic E-state index is 0.0274. The van der Waals surface area contributed by atoms with Crippen molar-refractivity contribution in [3.63, 3.8) is 0 Å². The molecule has 0 amide bonds. The molecule has 110 valence electrons. The van der Waals surface area contributed by atoms with E-state index in [4.69, 9.17) is 9.47 Å². The molecular weight excluding hydrogens is 271 g/mol. The third-order valence-electron chi connectivity index (χ3n) is 3.04. The van der Waals surface area contributed by atoms with Crippen LogP contribution < -0.4 is 4.74 Å². The summed E-state index contributed by atoms with van der Waals surface area (Å²) in [7, 11) is 1.60. The van der Waals surface area contributed by atoms with Crippen LogP contribution in [0.15, 0.2) is 48.5 Å². The van der Waals surface area contributed by atoms with E-state index in [9.17, 15) is 9.18 Å². The van der Waals surface area contributed by atoms with Crippen LogP contribution in [0.5, 0.6) is 5.75 Å². The van der Waals surface area contributed by atoms with Gasteiger partial charge in [-0.2, -0.15) is 0 Å². The highest BCUT2D eigenvalue weighted by Gasteiger charge is 2.08. The summed E-state index contributed by atoms with van der Waals surface area (Å²) in [5.41, 5.74) is 1.35. The summed E-state index contributed by atoms with van der Waals surface area (Å²) in [5.74, 6) is 0.268. The van der Waals surface area contributed by atoms with Gasteiger partial charge in [0.25, 0.3) is 0 Å². The van der Waals surface area contributed by atoms with Gasteiger partial charge in [-0.15, -0.1) is 0 Å². The summed E-state index contributed by atoms with van der Waals surface area (Å²) in [6, 6.07) is 13.7. The van der Waals surface area contributed by atoms with Crippen molar-refractivity contribution in [3.8, 4) is 5.75 Å². The van der Waals surface area contributed by atoms with Gasteiger partial charge in [0, 0.05) is 6.42 Å². The van der Waals surface area contributed by atoms with Gasteiger partial charge in [-0.1, -0.05) is 30.3 Å². The summed E-state index contributed by atoms with van der Waals surface area (Å²) >= 11 is 0. The Balaban J connectivity index is 1.77. The molecule has 0 heterocycles. The Morgan fingerprint density at radius 1 is 1.10 bits per heavy atom. The van der Waals surface area contributed by atoms with Crippen LogP contribution in [0.4, 0.5) is 4.39 Å². The van der Waals surface area contributed by atoms with Gasteiger partial charge in [0.2, 0.25) is 0 Å². The molecule has 2 rings (SSSR count). The Labute approximate surface area is 123 Å². The first-order valence-electron chi connectivity index (χ1n) is 6.65. The lowest BCUT2D eigenvalue weighted by molar-refractivity contribution is -0.123. The van der Waals surface area contributed by atoms with Crippen molar-refractivity contribution in [1.82, 2.24) is 0 Å². The first-order chi connectivity index (χ1) is 10.2. The molecule has 0 aliphatic heterocycles. The van der Waals surface area contributed by atoms with Gasteiger partial charge in [0.05, 0.1) is 13.7 Å². The van der Waals surface area contributed by atoms with Crippen LogP contribution >= 0.6 is 0 Å². The molecule has 0 unspecified atom stereocenters. The fourth-order valence-corrected chi connectivity index (χ4v) is 1.91. The molecule has 4 heteroatoms. The lowest BCUT2D eigenvalue weighted by Crippen LogP contribution is -2.12. The lowest BCUT2D eigenvalue weighted by Gasteiger charge is -2.06. The molecule has 0 aromatic heterocycles. The molecule has 0 saturated carbocycles. The van der Waals surface area contributed by atoms with Gasteiger partial charge >= 0.3 is 0 Å². The van der Waals surface area contributed by atoms with E-state index < -0.39 is 0 Å². The van der Waals surface area contributed by atoms with Gasteiger partial charge < -0.3 is 9.47 Å². The highest BCUT2D eigenvalue weighted by atomic mass is 19.1. The summed E-state index contributed by atoms with van der Waals surface area (Å²) in [6.07, 6.45) is 0.0509. The molecule has 3 nitrogen and oxygen atoms in total. The van der Waals surface area contributed by atoms with E-state index >= 15 is 0 Å². The van der Waals surface area contributed by atoms with Crippen LogP contribution in [0.25, 0.3) is 0 Å². The number of methoxy groups -OCH3 is 1. The number of Topliss-reactive ketones (excluding diaryl/α,β-unsaturated/α-hetero) is 1. The molecule has 0 fully saturated rings. The van der Waals surface area contributed by atoms with Crippen molar-refractivity contribution in [2.45, 2.75) is 13.0 Å². The zero-order valence-electron chi connectivity index (χ0n) is 11.8. The molecule has 0 bridgehead atoms. The fourth-order valence-electron chi connectivity index (χ4n) is 1.91. The van der Waals surface area contributed by atoms with Crippen molar-refractivity contribution < 1.29 is 18.7 Å². The molecule has 0 atom stereocenters. The van der Waals surface area contributed by atoms with E-state index in [0.717, 1.165) is 11.3 Å². The molecule has 0 aliphatic carbocycles. The van der Waals surface area contributed by atoms with E-state index in [1.807, 2.05) is 24.3 Å². The van der Waals surface area contributed by atoms with Crippen molar-refractivity contribution >= 4 is 5.78 Å². The van der Waals surface area contributed by atoms with Gasteiger partial charge in [-0.3, -0.25) is 4.79 Å². The quantitative estimate of drug-likeness (QED) is 0.785. The van der Waals surface area contributed by atoms with Crippen LogP contribution in [0.2, 0.25) is 0 Å². The number of ether oxygens (including phenoxy) is 2. The predicted octanol–water partition coefficient (Wildman–Crippen LogP) is 3.16. The number of halogens is 1. The van der Waals surface area contributed by atoms with E-state index in [1.54, 1.807) is 25.3 Å². The summed E-state index contributed by atoms with van der Waals surface area (Å²) in [6.45, 7) is 0.313. The number of carbonyl (C=O) groups is 1. The minimum atomic E-state index is -0.360. The van der Waals surface area contributed by atoms with Crippen molar-refractivity contribution in [3.05, 3.63) is 65.5 Å². The zero-order chi connectivity index (χ0) is 15.1. The smallest absolute Gasteiger partial charge is 0.162 e. The average Bonchev–Trinajstić information content (AvgIpc) is 2.50. The average molecular weight is 288 g/mol. The van der Waals surface area contributed by atoms with Crippen molar-refractivity contribution in [2.24, 2.45) is 0 Å². The van der Waals surface area contributed by atoms with E-state index in [0.29, 0.717) is 12.2 Å². The first-order valence-corrected chi connectivity index (χ1v) is 6.65. The van der Waals surface area contributed by atoms with Gasteiger partial charge in [-0.05, 0) is 29.3 Å². The normalized spacial score (nSPS) is 10.4. The van der Waals surface area contributed by atoms with Gasteiger partial charge in [0.15, 0.2) is 5.78 Å². The fraction of sp³-hybridized carbons (Fsp3) is 0.235. The molecule has 2 aromatic rings. The molecule has 21 heavy (non-hydrogen) atoms. The Morgan fingerprint density at radius 2 is 1.81 bits per heavy atom. The number of hydrogen-bond acceptors (Lipinski definition) is 3. The lowest BCUT2D eigenvalue weighted by atomic mass is 10.1. The Morgan fingerprint density at radius 3 is 2.48 bits per heavy atom. The zero-order valence-corrected chi connectivity index (χ0v) is 11.8. The Kier molecular flexibility index (Phi) is 5.46. The highest BCUT2D eigenvalue weighted by Crippen LogP contribution is 2.12. The van der Waals surface area contributed by atoms with Gasteiger partial charge in [-0.25, -0.2) is 4.39 Å². The van der Waals surface area contributed by atoms with Crippen LogP contribution in [-0.4, -0.2) is 19.5 Å². The third kappa shape index (κ3) is 4.68. The number of rotatable bonds is 7. The summed E-state index contributed by atoms with van der Waals surface area (Å²) in [4.78, 5) is 11.7. The number of ketones is 1. The van der Waals surface area contributed by atoms with E-state index in [2.05, 4.69) is 0 Å². The molecule has 0 N–H and O–H groups in total. The number of benzene rings is 2. The summed E-state index contributed by atoms with van der Waals surface area (Å²) in [5, 5.41) is 0. The molecular formula is C17H17FO3. The second-order valence-corrected chi connectivity index (χ2v) is 4.65. The molecule has 0 spiro atoms. The third-order valence-corrected chi connectivity index (χ3v) is 3.04. The van der Waals surface area contributed by atoms with Crippen LogP contribution in [0, 0.1) is 5.82 Å². The predicted molar refractivity (Wildman–Crippen MR) is 77.8 cm³/mol. The number of hydrogen-bond donors (Lipinski definition) is 0. The second kappa shape index (κ2) is 7.55. The van der Waals surface area contributed by atoms with Crippen molar-refractivity contribution in [1.29, 1.82) is 0 Å².